The van der Waals surface area contributed by atoms with Crippen molar-refractivity contribution in [1.82, 2.24) is 10.2 Å². The number of benzene rings is 1. The third kappa shape index (κ3) is 6.16. The number of hydrogen-bond acceptors (Lipinski definition) is 3. The normalized spacial score (nSPS) is 18.4. The summed E-state index contributed by atoms with van der Waals surface area (Å²) in [6.07, 6.45) is 6.22. The molecule has 0 radical (unpaired) electrons. The van der Waals surface area contributed by atoms with E-state index in [1.54, 1.807) is 12.1 Å². The van der Waals surface area contributed by atoms with Gasteiger partial charge in [-0.3, -0.25) is 4.79 Å². The van der Waals surface area contributed by atoms with Crippen molar-refractivity contribution in [3.63, 3.8) is 0 Å². The Bertz CT molecular complexity index is 614. The summed E-state index contributed by atoms with van der Waals surface area (Å²) >= 11 is 0. The second-order valence-electron chi connectivity index (χ2n) is 7.72. The van der Waals surface area contributed by atoms with Gasteiger partial charge in [-0.15, -0.1) is 0 Å². The number of ether oxygens (including phenoxy) is 1. The van der Waals surface area contributed by atoms with Crippen LogP contribution in [0.25, 0.3) is 0 Å². The first kappa shape index (κ1) is 20.1. The molecule has 2 heterocycles. The van der Waals surface area contributed by atoms with Crippen LogP contribution in [-0.2, 0) is 11.2 Å². The van der Waals surface area contributed by atoms with Crippen molar-refractivity contribution in [2.24, 2.45) is 5.92 Å². The Hall–Kier alpha value is -1.69. The number of rotatable bonds is 9. The van der Waals surface area contributed by atoms with E-state index in [1.807, 2.05) is 0 Å². The molecule has 1 aromatic carbocycles. The first-order valence-corrected chi connectivity index (χ1v) is 10.2. The van der Waals surface area contributed by atoms with Gasteiger partial charge in [0.05, 0.1) is 26.1 Å². The number of nitrogens with one attached hydrogen (secondary N) is 1. The Morgan fingerprint density at radius 3 is 2.67 bits per heavy atom. The van der Waals surface area contributed by atoms with Gasteiger partial charge in [0.15, 0.2) is 0 Å². The first-order valence-electron chi connectivity index (χ1n) is 10.2. The number of alkyl halides is 1. The van der Waals surface area contributed by atoms with Gasteiger partial charge in [-0.2, -0.15) is 0 Å². The molecule has 150 valence electrons. The van der Waals surface area contributed by atoms with Crippen LogP contribution in [0.3, 0.4) is 0 Å². The number of carbonyl (C=O) groups excluding carboxylic acids is 1. The standard InChI is InChI=1S/C21H30F2N2O2/c22-18-14-25(15-18)21(26)12-17-5-6-19(13-20(17)23)27-11-3-1-2-4-16-7-9-24-10-8-16/h5-6,13,16,18,24H,1-4,7-12,14-15H2. The molecule has 0 aliphatic carbocycles. The van der Waals surface area contributed by atoms with Crippen LogP contribution in [0.1, 0.15) is 44.1 Å². The molecule has 2 fully saturated rings. The number of halogens is 2. The van der Waals surface area contributed by atoms with Crippen LogP contribution in [-0.4, -0.2) is 49.8 Å². The number of hydrogen-bond donors (Lipinski definition) is 1. The van der Waals surface area contributed by atoms with Crippen molar-refractivity contribution in [2.75, 3.05) is 32.8 Å². The van der Waals surface area contributed by atoms with E-state index >= 15 is 0 Å². The highest BCUT2D eigenvalue weighted by atomic mass is 19.1. The van der Waals surface area contributed by atoms with Gasteiger partial charge in [0, 0.05) is 6.07 Å². The van der Waals surface area contributed by atoms with Crippen LogP contribution in [0.5, 0.6) is 5.75 Å². The molecule has 0 atom stereocenters. The number of unbranched alkanes of at least 4 members (excludes halogenated alkanes) is 2. The second kappa shape index (κ2) is 10.0. The predicted molar refractivity (Wildman–Crippen MR) is 101 cm³/mol. The zero-order valence-electron chi connectivity index (χ0n) is 15.9. The van der Waals surface area contributed by atoms with Gasteiger partial charge in [-0.1, -0.05) is 25.3 Å². The van der Waals surface area contributed by atoms with E-state index in [4.69, 9.17) is 4.74 Å². The Labute approximate surface area is 160 Å². The number of nitrogens with zero attached hydrogens (tertiary/aromatic N) is 1. The monoisotopic (exact) mass is 380 g/mol. The number of amides is 1. The maximum absolute atomic E-state index is 14.2. The van der Waals surface area contributed by atoms with E-state index in [9.17, 15) is 13.6 Å². The average Bonchev–Trinajstić information content (AvgIpc) is 2.65. The van der Waals surface area contributed by atoms with Crippen LogP contribution in [0, 0.1) is 11.7 Å². The lowest BCUT2D eigenvalue weighted by atomic mass is 9.92. The van der Waals surface area contributed by atoms with Crippen molar-refractivity contribution in [2.45, 2.75) is 51.1 Å². The summed E-state index contributed by atoms with van der Waals surface area (Å²) in [6.45, 7) is 3.12. The Morgan fingerprint density at radius 1 is 1.19 bits per heavy atom. The fraction of sp³-hybridized carbons (Fsp3) is 0.667. The SMILES string of the molecule is O=C(Cc1ccc(OCCCCCC2CCNCC2)cc1F)N1CC(F)C1. The zero-order chi connectivity index (χ0) is 19.1. The van der Waals surface area contributed by atoms with Crippen LogP contribution >= 0.6 is 0 Å². The first-order chi connectivity index (χ1) is 13.1. The summed E-state index contributed by atoms with van der Waals surface area (Å²) in [4.78, 5) is 13.3. The predicted octanol–water partition coefficient (Wildman–Crippen LogP) is 3.49. The maximum atomic E-state index is 14.2. The molecule has 2 aliphatic heterocycles. The van der Waals surface area contributed by atoms with Crippen molar-refractivity contribution in [3.8, 4) is 5.75 Å². The van der Waals surface area contributed by atoms with Crippen molar-refractivity contribution < 1.29 is 18.3 Å². The van der Waals surface area contributed by atoms with Crippen molar-refractivity contribution in [3.05, 3.63) is 29.6 Å². The highest BCUT2D eigenvalue weighted by Gasteiger charge is 2.30. The van der Waals surface area contributed by atoms with Crippen molar-refractivity contribution in [1.29, 1.82) is 0 Å². The number of piperidine rings is 1. The molecular formula is C21H30F2N2O2. The van der Waals surface area contributed by atoms with Gasteiger partial charge in [-0.25, -0.2) is 8.78 Å². The molecule has 0 spiro atoms. The minimum absolute atomic E-state index is 0.0322. The average molecular weight is 380 g/mol. The fourth-order valence-corrected chi connectivity index (χ4v) is 3.74. The molecule has 1 aromatic rings. The van der Waals surface area contributed by atoms with Crippen LogP contribution < -0.4 is 10.1 Å². The van der Waals surface area contributed by atoms with Gasteiger partial charge in [0.25, 0.3) is 0 Å². The van der Waals surface area contributed by atoms with Crippen LogP contribution in [0.4, 0.5) is 8.78 Å². The zero-order valence-corrected chi connectivity index (χ0v) is 15.9. The van der Waals surface area contributed by atoms with E-state index in [1.165, 1.54) is 36.6 Å². The van der Waals surface area contributed by atoms with E-state index in [0.717, 1.165) is 31.8 Å². The van der Waals surface area contributed by atoms with E-state index < -0.39 is 12.0 Å². The van der Waals surface area contributed by atoms with Crippen LogP contribution in [0.15, 0.2) is 18.2 Å². The molecule has 6 heteroatoms. The molecule has 3 rings (SSSR count). The smallest absolute Gasteiger partial charge is 0.227 e. The third-order valence-corrected chi connectivity index (χ3v) is 5.54. The summed E-state index contributed by atoms with van der Waals surface area (Å²) < 4.78 is 32.6. The Balaban J connectivity index is 1.32. The fourth-order valence-electron chi connectivity index (χ4n) is 3.74. The molecule has 1 N–H and O–H groups in total. The molecule has 2 saturated heterocycles. The molecule has 4 nitrogen and oxygen atoms in total. The Kier molecular flexibility index (Phi) is 7.44. The molecule has 0 bridgehead atoms. The van der Waals surface area contributed by atoms with E-state index in [-0.39, 0.29) is 25.4 Å². The lowest BCUT2D eigenvalue weighted by Gasteiger charge is -2.34. The molecular weight excluding hydrogens is 350 g/mol. The highest BCUT2D eigenvalue weighted by molar-refractivity contribution is 5.79. The van der Waals surface area contributed by atoms with E-state index in [2.05, 4.69) is 5.32 Å². The molecule has 0 saturated carbocycles. The van der Waals surface area contributed by atoms with Gasteiger partial charge in [0.1, 0.15) is 17.7 Å². The highest BCUT2D eigenvalue weighted by Crippen LogP contribution is 2.21. The maximum Gasteiger partial charge on any atom is 0.227 e. The molecule has 0 unspecified atom stereocenters. The minimum Gasteiger partial charge on any atom is -0.493 e. The lowest BCUT2D eigenvalue weighted by molar-refractivity contribution is -0.137. The topological polar surface area (TPSA) is 41.6 Å². The summed E-state index contributed by atoms with van der Waals surface area (Å²) in [7, 11) is 0. The summed E-state index contributed by atoms with van der Waals surface area (Å²) in [5.41, 5.74) is 0.330. The summed E-state index contributed by atoms with van der Waals surface area (Å²) in [5.74, 6) is 0.688. The molecule has 2 aliphatic rings. The minimum atomic E-state index is -0.936. The lowest BCUT2D eigenvalue weighted by Crippen LogP contribution is -2.52. The molecule has 0 aromatic heterocycles. The van der Waals surface area contributed by atoms with Crippen LogP contribution in [0.2, 0.25) is 0 Å². The number of carbonyl (C=O) groups is 1. The Morgan fingerprint density at radius 2 is 1.96 bits per heavy atom. The summed E-state index contributed by atoms with van der Waals surface area (Å²) in [6, 6.07) is 4.63. The van der Waals surface area contributed by atoms with Gasteiger partial charge >= 0.3 is 0 Å². The quantitative estimate of drug-likeness (QED) is 0.667. The van der Waals surface area contributed by atoms with Gasteiger partial charge in [-0.05, 0) is 49.9 Å². The van der Waals surface area contributed by atoms with E-state index in [0.29, 0.717) is 17.9 Å². The molecule has 1 amide bonds. The second-order valence-corrected chi connectivity index (χ2v) is 7.72. The van der Waals surface area contributed by atoms with Crippen molar-refractivity contribution >= 4 is 5.91 Å². The summed E-state index contributed by atoms with van der Waals surface area (Å²) in [5, 5.41) is 3.39. The largest absolute Gasteiger partial charge is 0.493 e. The number of likely N-dealkylation sites (tertiary alicyclic amines) is 1. The van der Waals surface area contributed by atoms with Gasteiger partial charge in [0.2, 0.25) is 5.91 Å². The molecule has 27 heavy (non-hydrogen) atoms. The third-order valence-electron chi connectivity index (χ3n) is 5.54. The van der Waals surface area contributed by atoms with Gasteiger partial charge < -0.3 is 15.0 Å².